The second kappa shape index (κ2) is 13.1. The maximum absolute atomic E-state index is 14.0. The summed E-state index contributed by atoms with van der Waals surface area (Å²) >= 11 is 6.84. The van der Waals surface area contributed by atoms with Crippen LogP contribution in [0, 0.1) is 11.3 Å². The first-order chi connectivity index (χ1) is 23.7. The van der Waals surface area contributed by atoms with Gasteiger partial charge in [0.2, 0.25) is 5.95 Å². The molecule has 1 atom stereocenters. The normalized spacial score (nSPS) is 18.6. The zero-order chi connectivity index (χ0) is 34.4. The Morgan fingerprint density at radius 2 is 1.94 bits per heavy atom. The SMILES string of the molecule is C=C(F)C(=O)N1CCN(c2nc(N3CC(COC)(N(C)C)C3)nc3cc(-c4cccc5cccc(Cl)c45)c4c(c23)OCCC4)C[C@@H]1CC#N. The number of rotatable bonds is 8. The number of nitriles is 1. The first kappa shape index (κ1) is 33.0. The van der Waals surface area contributed by atoms with E-state index in [4.69, 9.17) is 31.0 Å². The van der Waals surface area contributed by atoms with Gasteiger partial charge in [-0.15, -0.1) is 0 Å². The van der Waals surface area contributed by atoms with Crippen LogP contribution in [0.1, 0.15) is 18.4 Å². The molecule has 1 aromatic heterocycles. The van der Waals surface area contributed by atoms with Crippen molar-refractivity contribution in [3.8, 4) is 22.9 Å². The van der Waals surface area contributed by atoms with Crippen LogP contribution in [0.25, 0.3) is 32.8 Å². The number of fused-ring (bicyclic) bond motifs is 4. The molecule has 2 saturated heterocycles. The van der Waals surface area contributed by atoms with Crippen LogP contribution >= 0.6 is 11.6 Å². The summed E-state index contributed by atoms with van der Waals surface area (Å²) in [6, 6.07) is 15.9. The number of likely N-dealkylation sites (N-methyl/N-ethyl adjacent to an activating group) is 1. The number of anilines is 2. The van der Waals surface area contributed by atoms with E-state index in [-0.39, 0.29) is 18.5 Å². The van der Waals surface area contributed by atoms with Gasteiger partial charge in [-0.2, -0.15) is 10.2 Å². The lowest BCUT2D eigenvalue weighted by atomic mass is 9.89. The zero-order valence-corrected chi connectivity index (χ0v) is 28.8. The molecule has 0 saturated carbocycles. The van der Waals surface area contributed by atoms with Crippen molar-refractivity contribution >= 4 is 50.9 Å². The van der Waals surface area contributed by atoms with E-state index in [1.165, 1.54) is 4.90 Å². The number of amides is 1. The number of carbonyl (C=O) groups is 1. The van der Waals surface area contributed by atoms with Gasteiger partial charge in [-0.05, 0) is 55.6 Å². The average Bonchev–Trinajstić information content (AvgIpc) is 3.08. The second-order valence-corrected chi connectivity index (χ2v) is 13.7. The number of hydrogen-bond donors (Lipinski definition) is 0. The van der Waals surface area contributed by atoms with Crippen LogP contribution in [0.2, 0.25) is 5.02 Å². The van der Waals surface area contributed by atoms with Gasteiger partial charge in [0.15, 0.2) is 5.83 Å². The van der Waals surface area contributed by atoms with Crippen molar-refractivity contribution in [2.75, 3.05) is 76.9 Å². The summed E-state index contributed by atoms with van der Waals surface area (Å²) < 4.78 is 26.1. The van der Waals surface area contributed by atoms with Gasteiger partial charge in [-0.3, -0.25) is 9.69 Å². The summed E-state index contributed by atoms with van der Waals surface area (Å²) in [6.45, 7) is 6.56. The fourth-order valence-corrected chi connectivity index (χ4v) is 7.85. The van der Waals surface area contributed by atoms with Crippen LogP contribution in [0.5, 0.6) is 5.75 Å². The molecule has 10 nitrogen and oxygen atoms in total. The molecule has 7 rings (SSSR count). The largest absolute Gasteiger partial charge is 0.492 e. The van der Waals surface area contributed by atoms with Crippen molar-refractivity contribution in [3.63, 3.8) is 0 Å². The molecule has 3 aliphatic heterocycles. The lowest BCUT2D eigenvalue weighted by molar-refractivity contribution is -0.131. The molecule has 2 fully saturated rings. The highest BCUT2D eigenvalue weighted by Gasteiger charge is 2.47. The lowest BCUT2D eigenvalue weighted by Crippen LogP contribution is -2.71. The molecule has 4 aromatic rings. The van der Waals surface area contributed by atoms with Crippen molar-refractivity contribution < 1.29 is 18.7 Å². The molecule has 0 radical (unpaired) electrons. The molecule has 0 N–H and O–H groups in total. The first-order valence-electron chi connectivity index (χ1n) is 16.5. The maximum atomic E-state index is 14.0. The minimum atomic E-state index is -1.03. The molecule has 3 aromatic carbocycles. The standard InChI is InChI=1S/C37H39ClFN7O3/c1-23(39)35(47)46-16-15-44(19-25(46)13-14-40)34-32-30(41-36(42-34)45-20-37(21-45,22-48-4)43(2)3)18-28(27-11-7-17-49-33(27)32)26-10-5-8-24-9-6-12-29(38)31(24)26/h5-6,8-10,12,18,25H,1,7,11,13,15-17,19-22H2,2-4H3/t25-/m0/s1. The molecule has 1 amide bonds. The molecule has 4 heterocycles. The Kier molecular flexibility index (Phi) is 8.82. The molecule has 254 valence electrons. The number of ether oxygens (including phenoxy) is 2. The summed E-state index contributed by atoms with van der Waals surface area (Å²) in [7, 11) is 5.82. The van der Waals surface area contributed by atoms with Crippen LogP contribution in [-0.2, 0) is 16.0 Å². The number of halogens is 2. The highest BCUT2D eigenvalue weighted by Crippen LogP contribution is 2.47. The van der Waals surface area contributed by atoms with Gasteiger partial charge in [0.1, 0.15) is 11.6 Å². The molecule has 49 heavy (non-hydrogen) atoms. The van der Waals surface area contributed by atoms with Crippen molar-refractivity contribution in [2.45, 2.75) is 30.8 Å². The lowest BCUT2D eigenvalue weighted by Gasteiger charge is -2.53. The van der Waals surface area contributed by atoms with Gasteiger partial charge >= 0.3 is 0 Å². The van der Waals surface area contributed by atoms with Crippen molar-refractivity contribution in [1.82, 2.24) is 19.8 Å². The van der Waals surface area contributed by atoms with Crippen LogP contribution in [-0.4, -0.2) is 104 Å². The molecule has 3 aliphatic rings. The van der Waals surface area contributed by atoms with Gasteiger partial charge < -0.3 is 24.2 Å². The van der Waals surface area contributed by atoms with Gasteiger partial charge in [-0.1, -0.05) is 48.5 Å². The number of piperazine rings is 1. The Labute approximate surface area is 290 Å². The van der Waals surface area contributed by atoms with Gasteiger partial charge in [-0.25, -0.2) is 9.37 Å². The van der Waals surface area contributed by atoms with Crippen LogP contribution < -0.4 is 14.5 Å². The van der Waals surface area contributed by atoms with Crippen molar-refractivity contribution in [2.24, 2.45) is 0 Å². The van der Waals surface area contributed by atoms with E-state index in [2.05, 4.69) is 65.7 Å². The Morgan fingerprint density at radius 3 is 2.65 bits per heavy atom. The maximum Gasteiger partial charge on any atom is 0.282 e. The highest BCUT2D eigenvalue weighted by atomic mass is 35.5. The number of aromatic nitrogens is 2. The Bertz CT molecular complexity index is 2000. The van der Waals surface area contributed by atoms with E-state index >= 15 is 0 Å². The predicted octanol–water partition coefficient (Wildman–Crippen LogP) is 5.61. The topological polar surface area (TPSA) is 98.1 Å². The van der Waals surface area contributed by atoms with E-state index in [0.717, 1.165) is 57.0 Å². The Balaban J connectivity index is 1.42. The molecule has 0 unspecified atom stereocenters. The van der Waals surface area contributed by atoms with E-state index in [1.807, 2.05) is 18.2 Å². The Morgan fingerprint density at radius 1 is 1.16 bits per heavy atom. The van der Waals surface area contributed by atoms with E-state index < -0.39 is 17.8 Å². The Hall–Kier alpha value is -4.50. The predicted molar refractivity (Wildman–Crippen MR) is 190 cm³/mol. The van der Waals surface area contributed by atoms with E-state index in [0.29, 0.717) is 56.2 Å². The molecule has 0 aliphatic carbocycles. The van der Waals surface area contributed by atoms with Gasteiger partial charge in [0.25, 0.3) is 5.91 Å². The minimum absolute atomic E-state index is 0.0421. The van der Waals surface area contributed by atoms with Gasteiger partial charge in [0.05, 0.1) is 48.2 Å². The number of benzene rings is 3. The summed E-state index contributed by atoms with van der Waals surface area (Å²) in [5.41, 5.74) is 3.63. The summed E-state index contributed by atoms with van der Waals surface area (Å²) in [5.74, 6) is 0.159. The highest BCUT2D eigenvalue weighted by molar-refractivity contribution is 6.36. The molecule has 0 bridgehead atoms. The number of carbonyl (C=O) groups excluding carboxylic acids is 1. The first-order valence-corrected chi connectivity index (χ1v) is 16.9. The molecule has 12 heteroatoms. The summed E-state index contributed by atoms with van der Waals surface area (Å²) in [4.78, 5) is 31.0. The minimum Gasteiger partial charge on any atom is -0.492 e. The van der Waals surface area contributed by atoms with Crippen LogP contribution in [0.4, 0.5) is 16.2 Å². The fourth-order valence-electron chi connectivity index (χ4n) is 7.56. The third-order valence-corrected chi connectivity index (χ3v) is 10.5. The third kappa shape index (κ3) is 5.71. The average molecular weight is 684 g/mol. The van der Waals surface area contributed by atoms with E-state index in [1.54, 1.807) is 7.11 Å². The van der Waals surface area contributed by atoms with Crippen LogP contribution in [0.15, 0.2) is 54.9 Å². The fraction of sp³-hybridized carbons (Fsp3) is 0.405. The molecule has 0 spiro atoms. The summed E-state index contributed by atoms with van der Waals surface area (Å²) in [5, 5.41) is 13.2. The third-order valence-electron chi connectivity index (χ3n) is 10.2. The second-order valence-electron chi connectivity index (χ2n) is 13.3. The van der Waals surface area contributed by atoms with Crippen molar-refractivity contribution in [3.05, 3.63) is 65.5 Å². The van der Waals surface area contributed by atoms with Crippen LogP contribution in [0.3, 0.4) is 0 Å². The molecular weight excluding hydrogens is 645 g/mol. The zero-order valence-electron chi connectivity index (χ0n) is 28.0. The van der Waals surface area contributed by atoms with Crippen molar-refractivity contribution in [1.29, 1.82) is 5.26 Å². The summed E-state index contributed by atoms with van der Waals surface area (Å²) in [6.07, 6.45) is 1.70. The number of methoxy groups -OCH3 is 1. The number of nitrogens with zero attached hydrogens (tertiary/aromatic N) is 7. The smallest absolute Gasteiger partial charge is 0.282 e. The molecular formula is C37H39ClFN7O3. The van der Waals surface area contributed by atoms with Gasteiger partial charge in [0, 0.05) is 55.8 Å². The monoisotopic (exact) mass is 683 g/mol. The number of hydrogen-bond acceptors (Lipinski definition) is 9. The van der Waals surface area contributed by atoms with E-state index in [9.17, 15) is 14.4 Å². The quantitative estimate of drug-likeness (QED) is 0.220.